The number of hydrogen-bond donors (Lipinski definition) is 1. The molecule has 0 bridgehead atoms. The van der Waals surface area contributed by atoms with Crippen LogP contribution in [-0.4, -0.2) is 11.7 Å². The molecule has 0 amide bonds. The molecule has 2 nitrogen and oxygen atoms in total. The second-order valence-corrected chi connectivity index (χ2v) is 6.00. The molecule has 0 unspecified atom stereocenters. The molecule has 0 radical (unpaired) electrons. The summed E-state index contributed by atoms with van der Waals surface area (Å²) in [5.41, 5.74) is 0. The van der Waals surface area contributed by atoms with Gasteiger partial charge < -0.3 is 9.84 Å². The molecule has 0 aromatic heterocycles. The van der Waals surface area contributed by atoms with Crippen LogP contribution in [0.1, 0.15) is 71.1 Å². The molecule has 21 heavy (non-hydrogen) atoms. The van der Waals surface area contributed by atoms with Crippen LogP contribution in [0.2, 0.25) is 5.02 Å². The van der Waals surface area contributed by atoms with Crippen molar-refractivity contribution in [3.05, 3.63) is 23.2 Å². The van der Waals surface area contributed by atoms with E-state index < -0.39 is 0 Å². The first kappa shape index (κ1) is 18.2. The fourth-order valence-electron chi connectivity index (χ4n) is 2.38. The maximum Gasteiger partial charge on any atom is 0.141 e. The van der Waals surface area contributed by atoms with Crippen molar-refractivity contribution in [2.75, 3.05) is 6.61 Å². The molecular weight excluding hydrogens is 284 g/mol. The zero-order chi connectivity index (χ0) is 15.3. The van der Waals surface area contributed by atoms with E-state index in [-0.39, 0.29) is 5.75 Å². The molecule has 1 aromatic carbocycles. The van der Waals surface area contributed by atoms with Crippen molar-refractivity contribution in [3.63, 3.8) is 0 Å². The van der Waals surface area contributed by atoms with Gasteiger partial charge in [-0.25, -0.2) is 0 Å². The minimum absolute atomic E-state index is 0.0808. The Kier molecular flexibility index (Phi) is 10.1. The first-order valence-electron chi connectivity index (χ1n) is 8.36. The van der Waals surface area contributed by atoms with Gasteiger partial charge in [-0.15, -0.1) is 0 Å². The fraction of sp³-hybridized carbons (Fsp3) is 0.667. The van der Waals surface area contributed by atoms with Gasteiger partial charge in [0.25, 0.3) is 0 Å². The maximum atomic E-state index is 9.47. The summed E-state index contributed by atoms with van der Waals surface area (Å²) < 4.78 is 5.60. The number of benzene rings is 1. The first-order chi connectivity index (χ1) is 10.3. The van der Waals surface area contributed by atoms with Crippen molar-refractivity contribution in [1.29, 1.82) is 0 Å². The standard InChI is InChI=1S/C18H29ClO2/c1-2-3-4-5-6-7-8-9-10-11-15-21-17-14-12-13-16(20)18(17)19/h12-14,20H,2-11,15H2,1H3. The lowest BCUT2D eigenvalue weighted by Crippen LogP contribution is -1.97. The summed E-state index contributed by atoms with van der Waals surface area (Å²) in [6.45, 7) is 2.92. The molecule has 0 aliphatic rings. The SMILES string of the molecule is CCCCCCCCCCCCOc1cccc(O)c1Cl. The van der Waals surface area contributed by atoms with Crippen LogP contribution < -0.4 is 4.74 Å². The fourth-order valence-corrected chi connectivity index (χ4v) is 2.56. The van der Waals surface area contributed by atoms with Crippen LogP contribution in [0.5, 0.6) is 11.5 Å². The van der Waals surface area contributed by atoms with E-state index in [0.29, 0.717) is 17.4 Å². The Morgan fingerprint density at radius 1 is 0.905 bits per heavy atom. The predicted molar refractivity (Wildman–Crippen MR) is 90.5 cm³/mol. The highest BCUT2D eigenvalue weighted by Gasteiger charge is 2.05. The zero-order valence-corrected chi connectivity index (χ0v) is 14.0. The van der Waals surface area contributed by atoms with Crippen LogP contribution in [0.15, 0.2) is 18.2 Å². The number of phenolic OH excluding ortho intramolecular Hbond substituents is 1. The van der Waals surface area contributed by atoms with E-state index in [1.54, 1.807) is 18.2 Å². The Bertz CT molecular complexity index is 379. The predicted octanol–water partition coefficient (Wildman–Crippen LogP) is 6.35. The quantitative estimate of drug-likeness (QED) is 0.456. The molecule has 0 saturated carbocycles. The van der Waals surface area contributed by atoms with Crippen LogP contribution >= 0.6 is 11.6 Å². The average molecular weight is 313 g/mol. The molecular formula is C18H29ClO2. The molecule has 1 aromatic rings. The van der Waals surface area contributed by atoms with Crippen LogP contribution in [0.25, 0.3) is 0 Å². The Morgan fingerprint density at radius 3 is 2.10 bits per heavy atom. The van der Waals surface area contributed by atoms with Gasteiger partial charge in [0.1, 0.15) is 16.5 Å². The lowest BCUT2D eigenvalue weighted by Gasteiger charge is -2.08. The highest BCUT2D eigenvalue weighted by Crippen LogP contribution is 2.32. The third-order valence-electron chi connectivity index (χ3n) is 3.70. The largest absolute Gasteiger partial charge is 0.506 e. The number of hydrogen-bond acceptors (Lipinski definition) is 2. The highest BCUT2D eigenvalue weighted by molar-refractivity contribution is 6.33. The lowest BCUT2D eigenvalue weighted by atomic mass is 10.1. The van der Waals surface area contributed by atoms with E-state index in [2.05, 4.69) is 6.92 Å². The molecule has 0 atom stereocenters. The third-order valence-corrected chi connectivity index (χ3v) is 4.08. The van der Waals surface area contributed by atoms with Gasteiger partial charge in [-0.2, -0.15) is 0 Å². The number of rotatable bonds is 12. The van der Waals surface area contributed by atoms with Gasteiger partial charge in [0.05, 0.1) is 6.61 Å². The molecule has 1 rings (SSSR count). The van der Waals surface area contributed by atoms with Gasteiger partial charge in [-0.3, -0.25) is 0 Å². The number of phenols is 1. The smallest absolute Gasteiger partial charge is 0.141 e. The summed E-state index contributed by atoms with van der Waals surface area (Å²) in [5.74, 6) is 0.657. The molecule has 3 heteroatoms. The normalized spacial score (nSPS) is 10.8. The summed E-state index contributed by atoms with van der Waals surface area (Å²) in [5, 5.41) is 9.78. The van der Waals surface area contributed by atoms with Gasteiger partial charge in [-0.05, 0) is 18.6 Å². The topological polar surface area (TPSA) is 29.5 Å². The summed E-state index contributed by atoms with van der Waals surface area (Å²) >= 11 is 5.95. The summed E-state index contributed by atoms with van der Waals surface area (Å²) in [7, 11) is 0. The van der Waals surface area contributed by atoms with E-state index in [1.807, 2.05) is 0 Å². The Balaban J connectivity index is 1.94. The number of halogens is 1. The van der Waals surface area contributed by atoms with E-state index in [1.165, 1.54) is 57.8 Å². The Labute approximate surface area is 134 Å². The molecule has 0 saturated heterocycles. The number of aromatic hydroxyl groups is 1. The van der Waals surface area contributed by atoms with E-state index in [4.69, 9.17) is 16.3 Å². The van der Waals surface area contributed by atoms with Crippen LogP contribution in [0.4, 0.5) is 0 Å². The second-order valence-electron chi connectivity index (χ2n) is 5.62. The van der Waals surface area contributed by atoms with Crippen LogP contribution in [-0.2, 0) is 0 Å². The van der Waals surface area contributed by atoms with Crippen molar-refractivity contribution in [2.24, 2.45) is 0 Å². The molecule has 1 N–H and O–H groups in total. The first-order valence-corrected chi connectivity index (χ1v) is 8.73. The zero-order valence-electron chi connectivity index (χ0n) is 13.2. The van der Waals surface area contributed by atoms with Crippen LogP contribution in [0, 0.1) is 0 Å². The van der Waals surface area contributed by atoms with Crippen molar-refractivity contribution in [1.82, 2.24) is 0 Å². The monoisotopic (exact) mass is 312 g/mol. The van der Waals surface area contributed by atoms with Crippen molar-refractivity contribution in [3.8, 4) is 11.5 Å². The highest BCUT2D eigenvalue weighted by atomic mass is 35.5. The average Bonchev–Trinajstić information content (AvgIpc) is 2.49. The number of ether oxygens (including phenoxy) is 1. The lowest BCUT2D eigenvalue weighted by molar-refractivity contribution is 0.303. The second kappa shape index (κ2) is 11.7. The van der Waals surface area contributed by atoms with Gasteiger partial charge in [0.2, 0.25) is 0 Å². The number of unbranched alkanes of at least 4 members (excludes halogenated alkanes) is 9. The molecule has 0 aliphatic carbocycles. The Hall–Kier alpha value is -0.890. The minimum Gasteiger partial charge on any atom is -0.506 e. The van der Waals surface area contributed by atoms with E-state index >= 15 is 0 Å². The van der Waals surface area contributed by atoms with E-state index in [0.717, 1.165) is 6.42 Å². The minimum atomic E-state index is 0.0808. The van der Waals surface area contributed by atoms with Gasteiger partial charge in [0, 0.05) is 0 Å². The molecule has 120 valence electrons. The van der Waals surface area contributed by atoms with Gasteiger partial charge in [-0.1, -0.05) is 82.4 Å². The van der Waals surface area contributed by atoms with Crippen molar-refractivity contribution in [2.45, 2.75) is 71.1 Å². The van der Waals surface area contributed by atoms with E-state index in [9.17, 15) is 5.11 Å². The molecule has 0 aliphatic heterocycles. The molecule has 0 fully saturated rings. The summed E-state index contributed by atoms with van der Waals surface area (Å²) in [4.78, 5) is 0. The Morgan fingerprint density at radius 2 is 1.48 bits per heavy atom. The maximum absolute atomic E-state index is 9.47. The molecule has 0 heterocycles. The van der Waals surface area contributed by atoms with Gasteiger partial charge in [0.15, 0.2) is 0 Å². The molecule has 0 spiro atoms. The summed E-state index contributed by atoms with van der Waals surface area (Å²) in [6, 6.07) is 5.10. The van der Waals surface area contributed by atoms with Crippen LogP contribution in [0.3, 0.4) is 0 Å². The summed E-state index contributed by atoms with van der Waals surface area (Å²) in [6.07, 6.45) is 13.1. The van der Waals surface area contributed by atoms with Crippen molar-refractivity contribution >= 4 is 11.6 Å². The van der Waals surface area contributed by atoms with Gasteiger partial charge >= 0.3 is 0 Å². The third kappa shape index (κ3) is 8.21. The van der Waals surface area contributed by atoms with Crippen molar-refractivity contribution < 1.29 is 9.84 Å².